The number of nitrogens with one attached hydrogen (secondary N) is 1. The Morgan fingerprint density at radius 3 is 2.68 bits per heavy atom. The molecule has 3 aromatic rings. The number of ether oxygens (including phenoxy) is 1. The summed E-state index contributed by atoms with van der Waals surface area (Å²) in [5, 5.41) is 11.6. The normalized spacial score (nSPS) is 20.5. The molecule has 1 atom stereocenters. The number of hydrogen-bond acceptors (Lipinski definition) is 5. The van der Waals surface area contributed by atoms with Crippen molar-refractivity contribution >= 4 is 23.0 Å². The molecule has 2 aliphatic heterocycles. The number of H-pyrrole nitrogens is 1. The Hall–Kier alpha value is -3.39. The third kappa shape index (κ3) is 4.45. The van der Waals surface area contributed by atoms with Crippen LogP contribution < -0.4 is 0 Å². The quantitative estimate of drug-likeness (QED) is 0.509. The van der Waals surface area contributed by atoms with Gasteiger partial charge in [-0.1, -0.05) is 0 Å². The van der Waals surface area contributed by atoms with E-state index in [4.69, 9.17) is 4.74 Å². The number of hydrogen-bond donors (Lipinski definition) is 2. The zero-order valence-corrected chi connectivity index (χ0v) is 22.6. The van der Waals surface area contributed by atoms with Crippen LogP contribution >= 0.6 is 0 Å². The number of aromatic nitrogens is 2. The van der Waals surface area contributed by atoms with Crippen LogP contribution in [-0.4, -0.2) is 61.2 Å². The highest BCUT2D eigenvalue weighted by atomic mass is 16.6. The average Bonchev–Trinajstić information content (AvgIpc) is 3.27. The lowest BCUT2D eigenvalue weighted by Gasteiger charge is -2.35. The largest absolute Gasteiger partial charge is 0.444 e. The van der Waals surface area contributed by atoms with Gasteiger partial charge < -0.3 is 24.6 Å². The fourth-order valence-electron chi connectivity index (χ4n) is 5.92. The van der Waals surface area contributed by atoms with Crippen molar-refractivity contribution in [1.82, 2.24) is 19.8 Å². The van der Waals surface area contributed by atoms with Gasteiger partial charge in [-0.2, -0.15) is 0 Å². The Morgan fingerprint density at radius 1 is 1.16 bits per heavy atom. The maximum absolute atomic E-state index is 13.2. The van der Waals surface area contributed by atoms with Crippen LogP contribution in [0, 0.1) is 6.92 Å². The Balaban J connectivity index is 1.43. The number of aromatic amines is 1. The number of amides is 2. The summed E-state index contributed by atoms with van der Waals surface area (Å²) < 4.78 is 5.77. The number of likely N-dealkylation sites (tertiary alicyclic amines) is 1. The van der Waals surface area contributed by atoms with E-state index in [0.717, 1.165) is 51.7 Å². The molecular formula is C30H36N4O4. The number of nitrogens with zero attached hydrogens (tertiary/aromatic N) is 3. The fraction of sp³-hybridized carbons (Fsp3) is 0.500. The van der Waals surface area contributed by atoms with Gasteiger partial charge >= 0.3 is 6.09 Å². The average molecular weight is 517 g/mol. The SMILES string of the molecule is Cc1c[nH]c2ncc(-c3cc4c(c(C5CCCN5C(=O)OC(C)(C)C)c3)CCN(C(=O)C3(O)CC3)C4)cc12. The van der Waals surface area contributed by atoms with Crippen LogP contribution in [0.5, 0.6) is 0 Å². The van der Waals surface area contributed by atoms with Crippen molar-refractivity contribution < 1.29 is 19.4 Å². The van der Waals surface area contributed by atoms with Gasteiger partial charge in [0, 0.05) is 43.0 Å². The van der Waals surface area contributed by atoms with Gasteiger partial charge in [0.1, 0.15) is 16.8 Å². The number of benzene rings is 1. The zero-order valence-electron chi connectivity index (χ0n) is 22.6. The molecule has 1 aromatic carbocycles. The molecule has 4 heterocycles. The standard InChI is InChI=1S/C30H36N4O4/c1-18-15-31-26-23(18)14-20(16-32-26)19-12-21-17-33(27(35)30(37)8-9-30)11-7-22(21)24(13-19)25-6-5-10-34(25)28(36)38-29(2,3)4/h12-16,25,37H,5-11,17H2,1-4H3,(H,31,32). The van der Waals surface area contributed by atoms with Crippen molar-refractivity contribution in [2.24, 2.45) is 0 Å². The molecule has 2 amide bonds. The lowest BCUT2D eigenvalue weighted by molar-refractivity contribution is -0.143. The Morgan fingerprint density at radius 2 is 1.95 bits per heavy atom. The van der Waals surface area contributed by atoms with E-state index in [-0.39, 0.29) is 18.0 Å². The molecule has 2 aromatic heterocycles. The molecular weight excluding hydrogens is 480 g/mol. The molecule has 1 saturated heterocycles. The van der Waals surface area contributed by atoms with Crippen molar-refractivity contribution in [3.63, 3.8) is 0 Å². The molecule has 3 aliphatic rings. The van der Waals surface area contributed by atoms with E-state index in [0.29, 0.717) is 38.9 Å². The van der Waals surface area contributed by atoms with Gasteiger partial charge in [-0.3, -0.25) is 4.79 Å². The summed E-state index contributed by atoms with van der Waals surface area (Å²) in [6.07, 6.45) is 7.10. The molecule has 8 nitrogen and oxygen atoms in total. The predicted octanol–water partition coefficient (Wildman–Crippen LogP) is 5.02. The monoisotopic (exact) mass is 516 g/mol. The van der Waals surface area contributed by atoms with Crippen molar-refractivity contribution in [2.45, 2.75) is 83.6 Å². The minimum Gasteiger partial charge on any atom is -0.444 e. The summed E-state index contributed by atoms with van der Waals surface area (Å²) in [5.41, 5.74) is 5.65. The Labute approximate surface area is 223 Å². The van der Waals surface area contributed by atoms with Gasteiger partial charge in [0.05, 0.1) is 6.04 Å². The second-order valence-corrected chi connectivity index (χ2v) is 12.1. The molecule has 200 valence electrons. The van der Waals surface area contributed by atoms with Gasteiger partial charge in [0.2, 0.25) is 0 Å². The first-order valence-electron chi connectivity index (χ1n) is 13.6. The number of aryl methyl sites for hydroxylation is 1. The topological polar surface area (TPSA) is 98.8 Å². The molecule has 0 spiro atoms. The van der Waals surface area contributed by atoms with Crippen molar-refractivity contribution in [2.75, 3.05) is 13.1 Å². The van der Waals surface area contributed by atoms with Gasteiger partial charge in [0.25, 0.3) is 5.91 Å². The van der Waals surface area contributed by atoms with E-state index in [9.17, 15) is 14.7 Å². The highest BCUT2D eigenvalue weighted by Crippen LogP contribution is 2.42. The number of carbonyl (C=O) groups is 2. The zero-order chi connectivity index (χ0) is 26.8. The fourth-order valence-corrected chi connectivity index (χ4v) is 5.92. The first-order valence-corrected chi connectivity index (χ1v) is 13.6. The highest BCUT2D eigenvalue weighted by Gasteiger charge is 2.50. The predicted molar refractivity (Wildman–Crippen MR) is 144 cm³/mol. The summed E-state index contributed by atoms with van der Waals surface area (Å²) in [7, 11) is 0. The summed E-state index contributed by atoms with van der Waals surface area (Å²) in [5.74, 6) is -0.169. The van der Waals surface area contributed by atoms with E-state index in [2.05, 4.69) is 35.1 Å². The highest BCUT2D eigenvalue weighted by molar-refractivity contribution is 5.88. The minimum absolute atomic E-state index is 0.0842. The molecule has 0 bridgehead atoms. The lowest BCUT2D eigenvalue weighted by atomic mass is 9.86. The maximum Gasteiger partial charge on any atom is 0.410 e. The minimum atomic E-state index is -1.18. The van der Waals surface area contributed by atoms with Crippen LogP contribution in [0.3, 0.4) is 0 Å². The molecule has 6 rings (SSSR count). The van der Waals surface area contributed by atoms with Crippen molar-refractivity contribution in [3.05, 3.63) is 52.8 Å². The molecule has 2 N–H and O–H groups in total. The maximum atomic E-state index is 13.2. The van der Waals surface area contributed by atoms with Gasteiger partial charge in [0.15, 0.2) is 0 Å². The Kier molecular flexibility index (Phi) is 5.79. The van der Waals surface area contributed by atoms with Crippen molar-refractivity contribution in [1.29, 1.82) is 0 Å². The van der Waals surface area contributed by atoms with E-state index in [1.807, 2.05) is 38.1 Å². The van der Waals surface area contributed by atoms with E-state index in [1.165, 1.54) is 5.56 Å². The van der Waals surface area contributed by atoms with Crippen molar-refractivity contribution in [3.8, 4) is 11.1 Å². The molecule has 1 saturated carbocycles. The van der Waals surface area contributed by atoms with Crippen LogP contribution in [0.2, 0.25) is 0 Å². The van der Waals surface area contributed by atoms with E-state index >= 15 is 0 Å². The molecule has 1 aliphatic carbocycles. The number of aliphatic hydroxyl groups is 1. The number of fused-ring (bicyclic) bond motifs is 2. The summed E-state index contributed by atoms with van der Waals surface area (Å²) in [6.45, 7) is 9.42. The summed E-state index contributed by atoms with van der Waals surface area (Å²) in [4.78, 5) is 37.7. The van der Waals surface area contributed by atoms with Gasteiger partial charge in [-0.25, -0.2) is 9.78 Å². The number of rotatable bonds is 3. The third-order valence-corrected chi connectivity index (χ3v) is 8.09. The number of pyridine rings is 1. The van der Waals surface area contributed by atoms with Crippen LogP contribution in [0.25, 0.3) is 22.2 Å². The van der Waals surface area contributed by atoms with Crippen LogP contribution in [-0.2, 0) is 22.5 Å². The second kappa shape index (κ2) is 8.83. The van der Waals surface area contributed by atoms with E-state index < -0.39 is 11.2 Å². The van der Waals surface area contributed by atoms with E-state index in [1.54, 1.807) is 4.90 Å². The first-order chi connectivity index (χ1) is 18.0. The van der Waals surface area contributed by atoms with Gasteiger partial charge in [-0.15, -0.1) is 0 Å². The molecule has 8 heteroatoms. The second-order valence-electron chi connectivity index (χ2n) is 12.1. The molecule has 2 fully saturated rings. The smallest absolute Gasteiger partial charge is 0.410 e. The lowest BCUT2D eigenvalue weighted by Crippen LogP contribution is -2.43. The van der Waals surface area contributed by atoms with Gasteiger partial charge in [-0.05, 0) is 106 Å². The molecule has 38 heavy (non-hydrogen) atoms. The first kappa shape index (κ1) is 24.9. The third-order valence-electron chi connectivity index (χ3n) is 8.09. The summed E-state index contributed by atoms with van der Waals surface area (Å²) >= 11 is 0. The summed E-state index contributed by atoms with van der Waals surface area (Å²) in [6, 6.07) is 6.44. The Bertz CT molecular complexity index is 1430. The van der Waals surface area contributed by atoms with Crippen LogP contribution in [0.15, 0.2) is 30.6 Å². The number of carbonyl (C=O) groups excluding carboxylic acids is 2. The van der Waals surface area contributed by atoms with Crippen LogP contribution in [0.1, 0.15) is 74.8 Å². The molecule has 1 unspecified atom stereocenters. The van der Waals surface area contributed by atoms with Crippen LogP contribution in [0.4, 0.5) is 4.79 Å². The molecule has 0 radical (unpaired) electrons.